The van der Waals surface area contributed by atoms with Gasteiger partial charge in [-0.3, -0.25) is 10.4 Å². The van der Waals surface area contributed by atoms with Crippen LogP contribution in [0.2, 0.25) is 0 Å². The fourth-order valence-corrected chi connectivity index (χ4v) is 2.98. The quantitative estimate of drug-likeness (QED) is 0.419. The molecule has 6 nitrogen and oxygen atoms in total. The van der Waals surface area contributed by atoms with Crippen LogP contribution >= 0.6 is 0 Å². The summed E-state index contributed by atoms with van der Waals surface area (Å²) in [4.78, 5) is 4.17. The molecule has 152 valence electrons. The Morgan fingerprint density at radius 2 is 1.47 bits per heavy atom. The van der Waals surface area contributed by atoms with Crippen molar-refractivity contribution in [3.8, 4) is 34.0 Å². The van der Waals surface area contributed by atoms with Crippen LogP contribution in [-0.2, 0) is 6.18 Å². The molecule has 0 radical (unpaired) electrons. The van der Waals surface area contributed by atoms with Crippen molar-refractivity contribution in [2.24, 2.45) is 0 Å². The number of aromatic nitrogens is 2. The standard InChI is InChI=1S/C21H14F3N3O3/c22-21(23,24)18-12-15(8-11-17(18)13-4-2-1-3-5-13)19-25-20(30-26-19)14-6-9-16(10-7-14)27(28)29/h1-12,28-29H. The molecule has 0 aliphatic carbocycles. The van der Waals surface area contributed by atoms with Crippen LogP contribution < -0.4 is 5.23 Å². The molecule has 1 heterocycles. The van der Waals surface area contributed by atoms with Crippen LogP contribution in [-0.4, -0.2) is 20.6 Å². The summed E-state index contributed by atoms with van der Waals surface area (Å²) < 4.78 is 46.2. The number of alkyl halides is 3. The first-order valence-electron chi connectivity index (χ1n) is 8.72. The lowest BCUT2D eigenvalue weighted by atomic mass is 9.97. The minimum Gasteiger partial charge on any atom is -0.334 e. The van der Waals surface area contributed by atoms with Crippen molar-refractivity contribution in [2.45, 2.75) is 6.18 Å². The highest BCUT2D eigenvalue weighted by atomic mass is 19.4. The molecule has 1 aromatic heterocycles. The van der Waals surface area contributed by atoms with Gasteiger partial charge in [-0.1, -0.05) is 47.6 Å². The Balaban J connectivity index is 1.71. The number of rotatable bonds is 4. The molecule has 0 fully saturated rings. The number of anilines is 1. The molecule has 0 aliphatic rings. The summed E-state index contributed by atoms with van der Waals surface area (Å²) in [5.74, 6) is 0.0878. The number of nitrogens with zero attached hydrogens (tertiary/aromatic N) is 3. The van der Waals surface area contributed by atoms with Crippen LogP contribution in [0.25, 0.3) is 34.0 Å². The molecule has 0 aliphatic heterocycles. The van der Waals surface area contributed by atoms with Gasteiger partial charge in [0.05, 0.1) is 11.3 Å². The molecule has 0 spiro atoms. The zero-order valence-corrected chi connectivity index (χ0v) is 15.2. The van der Waals surface area contributed by atoms with Gasteiger partial charge in [-0.05, 0) is 41.5 Å². The monoisotopic (exact) mass is 413 g/mol. The summed E-state index contributed by atoms with van der Waals surface area (Å²) in [5.41, 5.74) is 0.454. The van der Waals surface area contributed by atoms with Gasteiger partial charge in [0.15, 0.2) is 0 Å². The molecular weight excluding hydrogens is 399 g/mol. The molecule has 2 N–H and O–H groups in total. The first kappa shape index (κ1) is 19.6. The lowest BCUT2D eigenvalue weighted by Gasteiger charge is -2.14. The number of hydrogen-bond acceptors (Lipinski definition) is 6. The van der Waals surface area contributed by atoms with E-state index in [0.29, 0.717) is 11.1 Å². The highest BCUT2D eigenvalue weighted by Crippen LogP contribution is 2.39. The molecule has 0 bridgehead atoms. The third-order valence-corrected chi connectivity index (χ3v) is 4.44. The van der Waals surface area contributed by atoms with Crippen molar-refractivity contribution in [3.63, 3.8) is 0 Å². The fourth-order valence-electron chi connectivity index (χ4n) is 2.98. The lowest BCUT2D eigenvalue weighted by molar-refractivity contribution is -0.137. The Kier molecular flexibility index (Phi) is 4.98. The van der Waals surface area contributed by atoms with Gasteiger partial charge >= 0.3 is 6.18 Å². The molecule has 0 atom stereocenters. The van der Waals surface area contributed by atoms with Gasteiger partial charge < -0.3 is 4.52 Å². The smallest absolute Gasteiger partial charge is 0.334 e. The highest BCUT2D eigenvalue weighted by Gasteiger charge is 2.34. The summed E-state index contributed by atoms with van der Waals surface area (Å²) in [5, 5.41) is 21.7. The molecule has 9 heteroatoms. The van der Waals surface area contributed by atoms with Crippen molar-refractivity contribution < 1.29 is 28.1 Å². The van der Waals surface area contributed by atoms with Gasteiger partial charge in [-0.2, -0.15) is 18.2 Å². The maximum Gasteiger partial charge on any atom is 0.417 e. The van der Waals surface area contributed by atoms with Crippen LogP contribution in [0.3, 0.4) is 0 Å². The van der Waals surface area contributed by atoms with Gasteiger partial charge in [0.25, 0.3) is 5.89 Å². The lowest BCUT2D eigenvalue weighted by Crippen LogP contribution is -2.10. The van der Waals surface area contributed by atoms with E-state index in [-0.39, 0.29) is 33.8 Å². The van der Waals surface area contributed by atoms with E-state index in [1.807, 2.05) is 0 Å². The van der Waals surface area contributed by atoms with E-state index in [0.717, 1.165) is 6.07 Å². The number of hydrogen-bond donors (Lipinski definition) is 2. The fraction of sp³-hybridized carbons (Fsp3) is 0.0476. The van der Waals surface area contributed by atoms with Gasteiger partial charge in [0.2, 0.25) is 5.82 Å². The molecule has 3 aromatic carbocycles. The second kappa shape index (κ2) is 7.62. The molecule has 0 saturated carbocycles. The summed E-state index contributed by atoms with van der Waals surface area (Å²) >= 11 is 0. The summed E-state index contributed by atoms with van der Waals surface area (Å²) in [7, 11) is 0. The summed E-state index contributed by atoms with van der Waals surface area (Å²) in [6.45, 7) is 0. The van der Waals surface area contributed by atoms with Crippen LogP contribution in [0.5, 0.6) is 0 Å². The van der Waals surface area contributed by atoms with E-state index in [1.165, 1.54) is 36.4 Å². The molecule has 4 rings (SSSR count). The van der Waals surface area contributed by atoms with Gasteiger partial charge in [0, 0.05) is 11.1 Å². The van der Waals surface area contributed by atoms with Crippen LogP contribution in [0, 0.1) is 0 Å². The third-order valence-electron chi connectivity index (χ3n) is 4.44. The van der Waals surface area contributed by atoms with Crippen molar-refractivity contribution in [3.05, 3.63) is 78.4 Å². The molecule has 0 amide bonds. The van der Waals surface area contributed by atoms with Crippen LogP contribution in [0.15, 0.2) is 77.3 Å². The molecular formula is C21H14F3N3O3. The van der Waals surface area contributed by atoms with Crippen LogP contribution in [0.4, 0.5) is 18.9 Å². The Morgan fingerprint density at radius 3 is 2.10 bits per heavy atom. The van der Waals surface area contributed by atoms with E-state index < -0.39 is 11.7 Å². The molecule has 0 saturated heterocycles. The zero-order chi connectivity index (χ0) is 21.3. The topological polar surface area (TPSA) is 82.6 Å². The summed E-state index contributed by atoms with van der Waals surface area (Å²) in [6, 6.07) is 18.0. The number of halogens is 3. The maximum atomic E-state index is 13.7. The third kappa shape index (κ3) is 3.88. The second-order valence-corrected chi connectivity index (χ2v) is 6.38. The molecule has 4 aromatic rings. The highest BCUT2D eigenvalue weighted by molar-refractivity contribution is 5.72. The van der Waals surface area contributed by atoms with Crippen molar-refractivity contribution in [1.29, 1.82) is 0 Å². The second-order valence-electron chi connectivity index (χ2n) is 6.38. The van der Waals surface area contributed by atoms with Gasteiger partial charge in [-0.25, -0.2) is 0 Å². The van der Waals surface area contributed by atoms with Crippen molar-refractivity contribution in [2.75, 3.05) is 5.23 Å². The van der Waals surface area contributed by atoms with E-state index in [9.17, 15) is 13.2 Å². The van der Waals surface area contributed by atoms with E-state index >= 15 is 0 Å². The minimum absolute atomic E-state index is 0.00475. The SMILES string of the molecule is ON(O)c1ccc(-c2nc(-c3ccc(-c4ccccc4)c(C(F)(F)F)c3)no2)cc1. The summed E-state index contributed by atoms with van der Waals surface area (Å²) in [6.07, 6.45) is -4.57. The Bertz CT molecular complexity index is 1160. The molecule has 30 heavy (non-hydrogen) atoms. The number of benzene rings is 3. The predicted molar refractivity (Wildman–Crippen MR) is 102 cm³/mol. The zero-order valence-electron chi connectivity index (χ0n) is 15.2. The minimum atomic E-state index is -4.57. The van der Waals surface area contributed by atoms with Crippen molar-refractivity contribution in [1.82, 2.24) is 10.1 Å². The van der Waals surface area contributed by atoms with E-state index in [2.05, 4.69) is 10.1 Å². The predicted octanol–water partition coefficient (Wildman–Crippen LogP) is 5.67. The van der Waals surface area contributed by atoms with Gasteiger partial charge in [0.1, 0.15) is 0 Å². The van der Waals surface area contributed by atoms with Gasteiger partial charge in [-0.15, -0.1) is 5.23 Å². The van der Waals surface area contributed by atoms with E-state index in [4.69, 9.17) is 14.9 Å². The Morgan fingerprint density at radius 1 is 0.800 bits per heavy atom. The Labute approximate surface area is 168 Å². The van der Waals surface area contributed by atoms with Crippen LogP contribution in [0.1, 0.15) is 5.56 Å². The van der Waals surface area contributed by atoms with E-state index in [1.54, 1.807) is 30.3 Å². The Hall–Kier alpha value is -3.69. The average Bonchev–Trinajstić information content (AvgIpc) is 3.24. The molecule has 0 unspecified atom stereocenters. The largest absolute Gasteiger partial charge is 0.417 e. The maximum absolute atomic E-state index is 13.7. The normalized spacial score (nSPS) is 11.5. The first-order valence-corrected chi connectivity index (χ1v) is 8.72. The van der Waals surface area contributed by atoms with Crippen molar-refractivity contribution >= 4 is 5.69 Å². The first-order chi connectivity index (χ1) is 14.3. The average molecular weight is 413 g/mol.